The number of hydrogen-bond acceptors (Lipinski definition) is 1. The normalized spacial score (nSPS) is 19.0. The van der Waals surface area contributed by atoms with E-state index < -0.39 is 0 Å². The fourth-order valence-corrected chi connectivity index (χ4v) is 4.38. The van der Waals surface area contributed by atoms with E-state index in [0.717, 1.165) is 6.54 Å². The average Bonchev–Trinajstić information content (AvgIpc) is 2.88. The van der Waals surface area contributed by atoms with Gasteiger partial charge in [-0.1, -0.05) is 49.1 Å². The van der Waals surface area contributed by atoms with E-state index in [1.165, 1.54) is 60.0 Å². The Morgan fingerprint density at radius 3 is 2.32 bits per heavy atom. The molecule has 0 amide bonds. The number of rotatable bonds is 1. The Hall–Kier alpha value is -1.76. The summed E-state index contributed by atoms with van der Waals surface area (Å²) in [6.07, 6.45) is 6.88. The molecule has 114 valence electrons. The van der Waals surface area contributed by atoms with Gasteiger partial charge in [-0.3, -0.25) is 0 Å². The van der Waals surface area contributed by atoms with Crippen molar-refractivity contribution in [2.45, 2.75) is 51.4 Å². The van der Waals surface area contributed by atoms with Crippen LogP contribution in [-0.4, -0.2) is 6.54 Å². The summed E-state index contributed by atoms with van der Waals surface area (Å²) in [5, 5.41) is 3.72. The molecule has 0 bridgehead atoms. The van der Waals surface area contributed by atoms with Crippen LogP contribution in [0.5, 0.6) is 0 Å². The van der Waals surface area contributed by atoms with Crippen LogP contribution in [0, 0.1) is 13.8 Å². The second-order valence-corrected chi connectivity index (χ2v) is 7.28. The molecule has 2 aliphatic rings. The first kappa shape index (κ1) is 13.9. The lowest BCUT2D eigenvalue weighted by Gasteiger charge is -2.33. The maximum atomic E-state index is 3.72. The van der Waals surface area contributed by atoms with Crippen LogP contribution in [0.1, 0.15) is 48.8 Å². The lowest BCUT2D eigenvalue weighted by Crippen LogP contribution is -2.30. The topological polar surface area (TPSA) is 12.0 Å². The van der Waals surface area contributed by atoms with Crippen LogP contribution in [0.3, 0.4) is 0 Å². The summed E-state index contributed by atoms with van der Waals surface area (Å²) in [5.41, 5.74) is 8.85. The summed E-state index contributed by atoms with van der Waals surface area (Å²) >= 11 is 0. The van der Waals surface area contributed by atoms with E-state index in [2.05, 4.69) is 55.6 Å². The van der Waals surface area contributed by atoms with Crippen molar-refractivity contribution >= 4 is 5.69 Å². The van der Waals surface area contributed by atoms with E-state index in [9.17, 15) is 0 Å². The Balaban J connectivity index is 1.82. The monoisotopic (exact) mass is 291 g/mol. The number of fused-ring (bicyclic) bond motifs is 2. The van der Waals surface area contributed by atoms with Gasteiger partial charge in [-0.2, -0.15) is 0 Å². The minimum atomic E-state index is 0.402. The molecule has 1 aliphatic carbocycles. The molecule has 0 aromatic heterocycles. The van der Waals surface area contributed by atoms with E-state index in [1.807, 2.05) is 0 Å². The van der Waals surface area contributed by atoms with Gasteiger partial charge in [0.25, 0.3) is 0 Å². The number of aryl methyl sites for hydroxylation is 2. The van der Waals surface area contributed by atoms with Gasteiger partial charge in [-0.15, -0.1) is 0 Å². The van der Waals surface area contributed by atoms with Crippen LogP contribution in [0.25, 0.3) is 11.1 Å². The fraction of sp³-hybridized carbons (Fsp3) is 0.429. The number of nitrogens with one attached hydrogen (secondary N) is 1. The van der Waals surface area contributed by atoms with Gasteiger partial charge < -0.3 is 5.32 Å². The van der Waals surface area contributed by atoms with Gasteiger partial charge >= 0.3 is 0 Å². The van der Waals surface area contributed by atoms with Crippen LogP contribution >= 0.6 is 0 Å². The zero-order valence-electron chi connectivity index (χ0n) is 13.7. The van der Waals surface area contributed by atoms with Crippen molar-refractivity contribution in [1.29, 1.82) is 0 Å². The maximum absolute atomic E-state index is 3.72. The lowest BCUT2D eigenvalue weighted by molar-refractivity contribution is 0.319. The van der Waals surface area contributed by atoms with Gasteiger partial charge in [-0.05, 0) is 61.1 Å². The Bertz CT molecular complexity index is 691. The summed E-state index contributed by atoms with van der Waals surface area (Å²) < 4.78 is 0. The molecule has 2 aromatic carbocycles. The zero-order chi connectivity index (χ0) is 15.2. The second-order valence-electron chi connectivity index (χ2n) is 7.28. The maximum Gasteiger partial charge on any atom is 0.0409 e. The highest BCUT2D eigenvalue weighted by molar-refractivity contribution is 5.75. The molecule has 1 aliphatic heterocycles. The quantitative estimate of drug-likeness (QED) is 0.721. The molecule has 0 unspecified atom stereocenters. The van der Waals surface area contributed by atoms with Crippen LogP contribution in [0.2, 0.25) is 0 Å². The molecule has 1 spiro atoms. The minimum Gasteiger partial charge on any atom is -0.384 e. The molecule has 1 fully saturated rings. The fourth-order valence-electron chi connectivity index (χ4n) is 4.38. The molecule has 0 saturated heterocycles. The zero-order valence-corrected chi connectivity index (χ0v) is 13.7. The van der Waals surface area contributed by atoms with Crippen molar-refractivity contribution in [2.24, 2.45) is 0 Å². The molecular formula is C21H25N. The summed E-state index contributed by atoms with van der Waals surface area (Å²) in [5.74, 6) is 0. The van der Waals surface area contributed by atoms with Gasteiger partial charge in [0.1, 0.15) is 0 Å². The largest absolute Gasteiger partial charge is 0.384 e. The van der Waals surface area contributed by atoms with Crippen molar-refractivity contribution in [2.75, 3.05) is 11.9 Å². The van der Waals surface area contributed by atoms with Crippen molar-refractivity contribution < 1.29 is 0 Å². The van der Waals surface area contributed by atoms with Crippen molar-refractivity contribution in [1.82, 2.24) is 0 Å². The third kappa shape index (κ3) is 2.15. The molecule has 1 nitrogen and oxygen atoms in total. The van der Waals surface area contributed by atoms with E-state index in [0.29, 0.717) is 5.41 Å². The van der Waals surface area contributed by atoms with E-state index >= 15 is 0 Å². The Kier molecular flexibility index (Phi) is 3.25. The molecule has 0 atom stereocenters. The number of anilines is 1. The second kappa shape index (κ2) is 5.15. The molecule has 1 saturated carbocycles. The average molecular weight is 291 g/mol. The highest BCUT2D eigenvalue weighted by Gasteiger charge is 2.40. The van der Waals surface area contributed by atoms with Crippen LogP contribution in [-0.2, 0) is 5.41 Å². The SMILES string of the molecule is Cc1ccc(-c2cc(C)c3c(c2)C2(CCCCC2)CN3)cc1. The first-order chi connectivity index (χ1) is 10.7. The standard InChI is InChI=1S/C21H25N/c1-15-6-8-17(9-7-15)18-12-16(2)20-19(13-18)21(14-22-20)10-4-3-5-11-21/h6-9,12-13,22H,3-5,10-11,14H2,1-2H3. The molecule has 22 heavy (non-hydrogen) atoms. The molecule has 1 heteroatoms. The number of hydrogen-bond donors (Lipinski definition) is 1. The van der Waals surface area contributed by atoms with Gasteiger partial charge in [0.2, 0.25) is 0 Å². The summed E-state index contributed by atoms with van der Waals surface area (Å²) in [6.45, 7) is 5.55. The minimum absolute atomic E-state index is 0.402. The first-order valence-corrected chi connectivity index (χ1v) is 8.64. The predicted molar refractivity (Wildman–Crippen MR) is 94.6 cm³/mol. The Morgan fingerprint density at radius 1 is 0.864 bits per heavy atom. The Labute approximate surface area is 133 Å². The highest BCUT2D eigenvalue weighted by Crippen LogP contribution is 2.48. The van der Waals surface area contributed by atoms with Gasteiger partial charge in [-0.25, -0.2) is 0 Å². The molecule has 2 aromatic rings. The molecule has 1 heterocycles. The highest BCUT2D eigenvalue weighted by atomic mass is 14.9. The van der Waals surface area contributed by atoms with Gasteiger partial charge in [0.15, 0.2) is 0 Å². The van der Waals surface area contributed by atoms with Crippen LogP contribution in [0.4, 0.5) is 5.69 Å². The van der Waals surface area contributed by atoms with Crippen molar-refractivity contribution in [3.05, 3.63) is 53.1 Å². The first-order valence-electron chi connectivity index (χ1n) is 8.64. The van der Waals surface area contributed by atoms with Crippen LogP contribution < -0.4 is 5.32 Å². The van der Waals surface area contributed by atoms with E-state index in [1.54, 1.807) is 5.56 Å². The van der Waals surface area contributed by atoms with E-state index in [4.69, 9.17) is 0 Å². The molecule has 0 radical (unpaired) electrons. The lowest BCUT2D eigenvalue weighted by atomic mass is 9.70. The van der Waals surface area contributed by atoms with Crippen LogP contribution in [0.15, 0.2) is 36.4 Å². The predicted octanol–water partition coefficient (Wildman–Crippen LogP) is 5.60. The molecule has 4 rings (SSSR count). The van der Waals surface area contributed by atoms with Gasteiger partial charge in [0, 0.05) is 17.6 Å². The summed E-state index contributed by atoms with van der Waals surface area (Å²) in [4.78, 5) is 0. The molecular weight excluding hydrogens is 266 g/mol. The molecule has 1 N–H and O–H groups in total. The third-order valence-electron chi connectivity index (χ3n) is 5.71. The van der Waals surface area contributed by atoms with E-state index in [-0.39, 0.29) is 0 Å². The number of benzene rings is 2. The Morgan fingerprint density at radius 2 is 1.59 bits per heavy atom. The third-order valence-corrected chi connectivity index (χ3v) is 5.71. The van der Waals surface area contributed by atoms with Crippen molar-refractivity contribution in [3.63, 3.8) is 0 Å². The summed E-state index contributed by atoms with van der Waals surface area (Å²) in [6, 6.07) is 13.8. The van der Waals surface area contributed by atoms with Gasteiger partial charge in [0.05, 0.1) is 0 Å². The van der Waals surface area contributed by atoms with Crippen molar-refractivity contribution in [3.8, 4) is 11.1 Å². The smallest absolute Gasteiger partial charge is 0.0409 e. The summed E-state index contributed by atoms with van der Waals surface area (Å²) in [7, 11) is 0.